The van der Waals surface area contributed by atoms with E-state index in [9.17, 15) is 4.79 Å². The molecule has 0 fully saturated rings. The zero-order valence-corrected chi connectivity index (χ0v) is 15.3. The Bertz CT molecular complexity index is 773. The van der Waals surface area contributed by atoms with Crippen LogP contribution >= 0.6 is 0 Å². The highest BCUT2D eigenvalue weighted by Crippen LogP contribution is 2.38. The van der Waals surface area contributed by atoms with Crippen molar-refractivity contribution >= 4 is 17.8 Å². The fourth-order valence-corrected chi connectivity index (χ4v) is 2.29. The summed E-state index contributed by atoms with van der Waals surface area (Å²) in [5, 5.41) is 7.00. The van der Waals surface area contributed by atoms with Crippen LogP contribution in [-0.4, -0.2) is 40.0 Å². The van der Waals surface area contributed by atoms with Gasteiger partial charge in [-0.15, -0.1) is 0 Å². The summed E-state index contributed by atoms with van der Waals surface area (Å²) in [5.74, 6) is 1.23. The van der Waals surface area contributed by atoms with E-state index in [0.29, 0.717) is 22.8 Å². The second kappa shape index (κ2) is 9.31. The van der Waals surface area contributed by atoms with E-state index in [4.69, 9.17) is 14.2 Å². The molecule has 0 aliphatic carbocycles. The zero-order chi connectivity index (χ0) is 18.9. The summed E-state index contributed by atoms with van der Waals surface area (Å²) in [7, 11) is 4.60. The van der Waals surface area contributed by atoms with Gasteiger partial charge in [0.1, 0.15) is 0 Å². The van der Waals surface area contributed by atoms with Crippen LogP contribution in [-0.2, 0) is 4.79 Å². The average Bonchev–Trinajstić information content (AvgIpc) is 2.66. The number of methoxy groups -OCH3 is 3. The fraction of sp³-hybridized carbons (Fsp3) is 0.263. The van der Waals surface area contributed by atoms with Gasteiger partial charge in [0.15, 0.2) is 11.5 Å². The molecule has 0 bridgehead atoms. The Balaban J connectivity index is 1.97. The van der Waals surface area contributed by atoms with E-state index in [1.807, 2.05) is 31.2 Å². The lowest BCUT2D eigenvalue weighted by Crippen LogP contribution is -2.25. The first-order valence-electron chi connectivity index (χ1n) is 8.00. The molecule has 0 aromatic heterocycles. The molecule has 0 radical (unpaired) electrons. The number of ether oxygens (including phenoxy) is 3. The monoisotopic (exact) mass is 357 g/mol. The van der Waals surface area contributed by atoms with Crippen LogP contribution in [0.3, 0.4) is 0 Å². The summed E-state index contributed by atoms with van der Waals surface area (Å²) in [6, 6.07) is 11.3. The quantitative estimate of drug-likeness (QED) is 0.561. The molecule has 0 aliphatic rings. The molecule has 26 heavy (non-hydrogen) atoms. The highest BCUT2D eigenvalue weighted by atomic mass is 16.5. The summed E-state index contributed by atoms with van der Waals surface area (Å²) >= 11 is 0. The van der Waals surface area contributed by atoms with Gasteiger partial charge in [-0.3, -0.25) is 4.79 Å². The van der Waals surface area contributed by atoms with Crippen LogP contribution in [0.1, 0.15) is 11.1 Å². The molecule has 0 atom stereocenters. The third-order valence-corrected chi connectivity index (χ3v) is 3.63. The summed E-state index contributed by atoms with van der Waals surface area (Å²) in [4.78, 5) is 11.9. The van der Waals surface area contributed by atoms with E-state index in [-0.39, 0.29) is 12.5 Å². The number of hydrogen-bond acceptors (Lipinski definition) is 6. The van der Waals surface area contributed by atoms with Crippen molar-refractivity contribution in [1.82, 2.24) is 5.43 Å². The molecule has 0 heterocycles. The fourth-order valence-electron chi connectivity index (χ4n) is 2.29. The van der Waals surface area contributed by atoms with Crippen LogP contribution in [0.4, 0.5) is 5.69 Å². The van der Waals surface area contributed by atoms with E-state index in [0.717, 1.165) is 11.3 Å². The Morgan fingerprint density at radius 3 is 2.31 bits per heavy atom. The molecule has 0 aliphatic heterocycles. The van der Waals surface area contributed by atoms with Crippen LogP contribution in [0.2, 0.25) is 0 Å². The Hall–Kier alpha value is -3.22. The second-order valence-electron chi connectivity index (χ2n) is 5.44. The van der Waals surface area contributed by atoms with Gasteiger partial charge < -0.3 is 19.5 Å². The Kier molecular flexibility index (Phi) is 6.84. The van der Waals surface area contributed by atoms with Crippen molar-refractivity contribution in [2.75, 3.05) is 33.2 Å². The highest BCUT2D eigenvalue weighted by Gasteiger charge is 2.14. The number of rotatable bonds is 8. The van der Waals surface area contributed by atoms with E-state index >= 15 is 0 Å². The third kappa shape index (κ3) is 4.89. The van der Waals surface area contributed by atoms with Crippen molar-refractivity contribution < 1.29 is 19.0 Å². The lowest BCUT2D eigenvalue weighted by atomic mass is 10.2. The minimum absolute atomic E-state index is 0.115. The van der Waals surface area contributed by atoms with Crippen molar-refractivity contribution in [2.24, 2.45) is 5.10 Å². The number of nitrogens with one attached hydrogen (secondary N) is 2. The van der Waals surface area contributed by atoms with Gasteiger partial charge in [-0.05, 0) is 31.2 Å². The molecule has 0 spiro atoms. The largest absolute Gasteiger partial charge is 0.493 e. The number of hydrazone groups is 1. The number of carbonyl (C=O) groups excluding carboxylic acids is 1. The molecule has 0 saturated carbocycles. The maximum absolute atomic E-state index is 11.9. The van der Waals surface area contributed by atoms with E-state index in [2.05, 4.69) is 15.8 Å². The van der Waals surface area contributed by atoms with Crippen LogP contribution in [0.15, 0.2) is 41.5 Å². The maximum atomic E-state index is 11.9. The average molecular weight is 357 g/mol. The molecule has 0 unspecified atom stereocenters. The van der Waals surface area contributed by atoms with Crippen molar-refractivity contribution in [2.45, 2.75) is 6.92 Å². The van der Waals surface area contributed by atoms with Crippen molar-refractivity contribution in [3.63, 3.8) is 0 Å². The van der Waals surface area contributed by atoms with Crippen LogP contribution in [0.5, 0.6) is 17.2 Å². The molecule has 7 nitrogen and oxygen atoms in total. The Labute approximate surface area is 153 Å². The number of amides is 1. The SMILES string of the molecule is COc1ccc(/C=N\NC(=O)CNc2ccc(C)cc2)c(OC)c1OC. The third-order valence-electron chi connectivity index (χ3n) is 3.63. The predicted molar refractivity (Wildman–Crippen MR) is 102 cm³/mol. The molecular formula is C19H23N3O4. The topological polar surface area (TPSA) is 81.2 Å². The standard InChI is InChI=1S/C19H23N3O4/c1-13-5-8-15(9-6-13)20-12-17(23)22-21-11-14-7-10-16(24-2)19(26-4)18(14)25-3/h5-11,20H,12H2,1-4H3,(H,22,23)/b21-11-. The molecule has 2 aromatic rings. The van der Waals surface area contributed by atoms with Crippen molar-refractivity contribution in [3.05, 3.63) is 47.5 Å². The number of nitrogens with zero attached hydrogens (tertiary/aromatic N) is 1. The van der Waals surface area contributed by atoms with Gasteiger partial charge in [0, 0.05) is 11.3 Å². The maximum Gasteiger partial charge on any atom is 0.259 e. The molecule has 1 amide bonds. The lowest BCUT2D eigenvalue weighted by Gasteiger charge is -2.13. The van der Waals surface area contributed by atoms with E-state index < -0.39 is 0 Å². The first-order valence-corrected chi connectivity index (χ1v) is 8.00. The van der Waals surface area contributed by atoms with Gasteiger partial charge in [-0.2, -0.15) is 5.10 Å². The van der Waals surface area contributed by atoms with Gasteiger partial charge in [0.05, 0.1) is 34.1 Å². The molecule has 2 N–H and O–H groups in total. The smallest absolute Gasteiger partial charge is 0.259 e. The number of anilines is 1. The molecule has 138 valence electrons. The minimum Gasteiger partial charge on any atom is -0.493 e. The number of hydrogen-bond donors (Lipinski definition) is 2. The van der Waals surface area contributed by atoms with Gasteiger partial charge >= 0.3 is 0 Å². The molecule has 2 rings (SSSR count). The van der Waals surface area contributed by atoms with Gasteiger partial charge in [0.25, 0.3) is 5.91 Å². The number of aryl methyl sites for hydroxylation is 1. The van der Waals surface area contributed by atoms with Gasteiger partial charge in [0.2, 0.25) is 5.75 Å². The number of benzene rings is 2. The van der Waals surface area contributed by atoms with Crippen LogP contribution in [0, 0.1) is 6.92 Å². The summed E-state index contributed by atoms with van der Waals surface area (Å²) in [6.45, 7) is 2.12. The summed E-state index contributed by atoms with van der Waals surface area (Å²) in [6.07, 6.45) is 1.49. The van der Waals surface area contributed by atoms with Crippen molar-refractivity contribution in [3.8, 4) is 17.2 Å². The first kappa shape index (κ1) is 19.1. The second-order valence-corrected chi connectivity index (χ2v) is 5.44. The molecular weight excluding hydrogens is 334 g/mol. The molecule has 2 aromatic carbocycles. The highest BCUT2D eigenvalue weighted by molar-refractivity contribution is 5.88. The first-order chi connectivity index (χ1) is 12.6. The number of carbonyl (C=O) groups is 1. The Morgan fingerprint density at radius 1 is 1.00 bits per heavy atom. The zero-order valence-electron chi connectivity index (χ0n) is 15.3. The van der Waals surface area contributed by atoms with Crippen LogP contribution in [0.25, 0.3) is 0 Å². The van der Waals surface area contributed by atoms with Gasteiger partial charge in [-0.1, -0.05) is 17.7 Å². The summed E-state index contributed by atoms with van der Waals surface area (Å²) < 4.78 is 15.9. The van der Waals surface area contributed by atoms with E-state index in [1.54, 1.807) is 19.2 Å². The minimum atomic E-state index is -0.263. The molecule has 0 saturated heterocycles. The Morgan fingerprint density at radius 2 is 1.69 bits per heavy atom. The van der Waals surface area contributed by atoms with Gasteiger partial charge in [-0.25, -0.2) is 5.43 Å². The van der Waals surface area contributed by atoms with Crippen LogP contribution < -0.4 is 25.0 Å². The van der Waals surface area contributed by atoms with Crippen molar-refractivity contribution in [1.29, 1.82) is 0 Å². The predicted octanol–water partition coefficient (Wildman–Crippen LogP) is 2.58. The molecule has 7 heteroatoms. The normalized spacial score (nSPS) is 10.5. The van der Waals surface area contributed by atoms with E-state index in [1.165, 1.54) is 20.4 Å². The summed E-state index contributed by atoms with van der Waals surface area (Å²) in [5.41, 5.74) is 5.15. The lowest BCUT2D eigenvalue weighted by molar-refractivity contribution is -0.119.